The number of aliphatic hydroxyl groups is 1. The maximum Gasteiger partial charge on any atom is 0.330 e. The largest absolute Gasteiger partial charge is 0.480 e. The van der Waals surface area contributed by atoms with Crippen LogP contribution < -0.4 is 5.73 Å². The lowest BCUT2D eigenvalue weighted by molar-refractivity contribution is -0.145. The summed E-state index contributed by atoms with van der Waals surface area (Å²) in [4.78, 5) is 11.1. The van der Waals surface area contributed by atoms with Crippen molar-refractivity contribution in [2.45, 2.75) is 5.54 Å². The molecule has 1 unspecified atom stereocenters. The number of aliphatic hydroxyl groups excluding tert-OH is 1. The highest BCUT2D eigenvalue weighted by atomic mass is 16.4. The molecule has 0 spiro atoms. The smallest absolute Gasteiger partial charge is 0.330 e. The Hall–Kier alpha value is -1.91. The highest BCUT2D eigenvalue weighted by molar-refractivity contribution is 5.87. The zero-order chi connectivity index (χ0) is 12.5. The molecule has 4 heteroatoms. The number of nitrogens with two attached hydrogens (primary N) is 1. The highest BCUT2D eigenvalue weighted by Crippen LogP contribution is 2.23. The molecular formula is C13H13NO3. The van der Waals surface area contributed by atoms with Crippen LogP contribution >= 0.6 is 0 Å². The first-order chi connectivity index (χ1) is 8.08. The Balaban J connectivity index is 2.59. The molecule has 0 aromatic heterocycles. The average molecular weight is 231 g/mol. The van der Waals surface area contributed by atoms with Gasteiger partial charge in [-0.05, 0) is 22.4 Å². The molecule has 0 bridgehead atoms. The Bertz CT molecular complexity index is 567. The van der Waals surface area contributed by atoms with Gasteiger partial charge in [-0.15, -0.1) is 0 Å². The SMILES string of the molecule is NC(CO)(C(=O)O)c1ccc2ccccc2c1. The summed E-state index contributed by atoms with van der Waals surface area (Å²) in [7, 11) is 0. The van der Waals surface area contributed by atoms with Crippen molar-refractivity contribution in [3.63, 3.8) is 0 Å². The molecular weight excluding hydrogens is 218 g/mol. The van der Waals surface area contributed by atoms with E-state index in [-0.39, 0.29) is 0 Å². The third-order valence-corrected chi connectivity index (χ3v) is 2.90. The van der Waals surface area contributed by atoms with Gasteiger partial charge in [-0.25, -0.2) is 4.79 Å². The van der Waals surface area contributed by atoms with E-state index in [4.69, 9.17) is 10.8 Å². The molecule has 0 aliphatic rings. The topological polar surface area (TPSA) is 83.5 Å². The quantitative estimate of drug-likeness (QED) is 0.737. The van der Waals surface area contributed by atoms with Crippen LogP contribution in [0.4, 0.5) is 0 Å². The number of aliphatic carboxylic acids is 1. The van der Waals surface area contributed by atoms with Crippen molar-refractivity contribution in [3.8, 4) is 0 Å². The van der Waals surface area contributed by atoms with Gasteiger partial charge in [0.05, 0.1) is 6.61 Å². The number of carbonyl (C=O) groups is 1. The fourth-order valence-electron chi connectivity index (χ4n) is 1.75. The van der Waals surface area contributed by atoms with E-state index < -0.39 is 18.1 Å². The zero-order valence-electron chi connectivity index (χ0n) is 9.13. The molecule has 2 rings (SSSR count). The van der Waals surface area contributed by atoms with Gasteiger partial charge in [0, 0.05) is 0 Å². The lowest BCUT2D eigenvalue weighted by atomic mass is 9.90. The van der Waals surface area contributed by atoms with Crippen LogP contribution in [-0.4, -0.2) is 22.8 Å². The normalized spacial score (nSPS) is 14.5. The van der Waals surface area contributed by atoms with Crippen LogP contribution in [0.2, 0.25) is 0 Å². The summed E-state index contributed by atoms with van der Waals surface area (Å²) in [6.45, 7) is -0.638. The summed E-state index contributed by atoms with van der Waals surface area (Å²) in [6.07, 6.45) is 0. The predicted molar refractivity (Wildman–Crippen MR) is 64.5 cm³/mol. The highest BCUT2D eigenvalue weighted by Gasteiger charge is 2.35. The summed E-state index contributed by atoms with van der Waals surface area (Å²) in [5.74, 6) is -1.24. The van der Waals surface area contributed by atoms with Crippen molar-refractivity contribution in [2.24, 2.45) is 5.73 Å². The van der Waals surface area contributed by atoms with Gasteiger partial charge >= 0.3 is 5.97 Å². The first-order valence-electron chi connectivity index (χ1n) is 5.20. The van der Waals surface area contributed by atoms with Gasteiger partial charge in [-0.2, -0.15) is 0 Å². The molecule has 0 aliphatic carbocycles. The second kappa shape index (κ2) is 4.16. The Kier molecular flexibility index (Phi) is 2.83. The second-order valence-corrected chi connectivity index (χ2v) is 4.00. The number of fused-ring (bicyclic) bond motifs is 1. The summed E-state index contributed by atoms with van der Waals surface area (Å²) in [5.41, 5.74) is 4.35. The van der Waals surface area contributed by atoms with Crippen molar-refractivity contribution in [2.75, 3.05) is 6.61 Å². The molecule has 0 amide bonds. The first kappa shape index (κ1) is 11.6. The number of rotatable bonds is 3. The van der Waals surface area contributed by atoms with E-state index in [0.717, 1.165) is 10.8 Å². The summed E-state index contributed by atoms with van der Waals surface area (Å²) < 4.78 is 0. The lowest BCUT2D eigenvalue weighted by Crippen LogP contribution is -2.48. The molecule has 0 saturated carbocycles. The van der Waals surface area contributed by atoms with Gasteiger partial charge in [0.15, 0.2) is 5.54 Å². The van der Waals surface area contributed by atoms with Gasteiger partial charge in [-0.3, -0.25) is 0 Å². The molecule has 4 nitrogen and oxygen atoms in total. The third kappa shape index (κ3) is 1.88. The molecule has 1 atom stereocenters. The maximum atomic E-state index is 11.1. The number of benzene rings is 2. The van der Waals surface area contributed by atoms with Crippen LogP contribution in [0.3, 0.4) is 0 Å². The molecule has 0 saturated heterocycles. The zero-order valence-corrected chi connectivity index (χ0v) is 9.13. The Labute approximate surface area is 98.3 Å². The van der Waals surface area contributed by atoms with E-state index in [1.807, 2.05) is 24.3 Å². The van der Waals surface area contributed by atoms with Crippen molar-refractivity contribution in [1.29, 1.82) is 0 Å². The van der Waals surface area contributed by atoms with E-state index in [9.17, 15) is 9.90 Å². The summed E-state index contributed by atoms with van der Waals surface area (Å²) >= 11 is 0. The summed E-state index contributed by atoms with van der Waals surface area (Å²) in [5, 5.41) is 20.1. The van der Waals surface area contributed by atoms with Gasteiger partial charge in [0.2, 0.25) is 0 Å². The van der Waals surface area contributed by atoms with Gasteiger partial charge in [0.1, 0.15) is 0 Å². The molecule has 0 aliphatic heterocycles. The minimum Gasteiger partial charge on any atom is -0.480 e. The molecule has 17 heavy (non-hydrogen) atoms. The Morgan fingerprint density at radius 1 is 1.18 bits per heavy atom. The third-order valence-electron chi connectivity index (χ3n) is 2.90. The van der Waals surface area contributed by atoms with Crippen molar-refractivity contribution in [1.82, 2.24) is 0 Å². The van der Waals surface area contributed by atoms with Crippen LogP contribution in [0.1, 0.15) is 5.56 Å². The fraction of sp³-hybridized carbons (Fsp3) is 0.154. The fourth-order valence-corrected chi connectivity index (χ4v) is 1.75. The standard InChI is InChI=1S/C13H13NO3/c14-13(8-15,12(16)17)11-6-5-9-3-1-2-4-10(9)7-11/h1-7,15H,8,14H2,(H,16,17). The first-order valence-corrected chi connectivity index (χ1v) is 5.20. The van der Waals surface area contributed by atoms with E-state index in [1.165, 1.54) is 0 Å². The molecule has 0 fully saturated rings. The van der Waals surface area contributed by atoms with E-state index >= 15 is 0 Å². The Morgan fingerprint density at radius 3 is 2.41 bits per heavy atom. The Morgan fingerprint density at radius 2 is 1.82 bits per heavy atom. The van der Waals surface area contributed by atoms with Crippen LogP contribution in [-0.2, 0) is 10.3 Å². The number of hydrogen-bond acceptors (Lipinski definition) is 3. The molecule has 2 aromatic carbocycles. The van der Waals surface area contributed by atoms with Crippen molar-refractivity contribution >= 4 is 16.7 Å². The number of hydrogen-bond donors (Lipinski definition) is 3. The molecule has 0 heterocycles. The number of carboxylic acids is 1. The molecule has 4 N–H and O–H groups in total. The average Bonchev–Trinajstić information content (AvgIpc) is 2.37. The van der Waals surface area contributed by atoms with E-state index in [0.29, 0.717) is 5.56 Å². The predicted octanol–water partition coefficient (Wildman–Crippen LogP) is 1.07. The van der Waals surface area contributed by atoms with Crippen molar-refractivity contribution in [3.05, 3.63) is 48.0 Å². The van der Waals surface area contributed by atoms with E-state index in [2.05, 4.69) is 0 Å². The molecule has 2 aromatic rings. The van der Waals surface area contributed by atoms with Gasteiger partial charge < -0.3 is 15.9 Å². The van der Waals surface area contributed by atoms with Gasteiger partial charge in [-0.1, -0.05) is 36.4 Å². The second-order valence-electron chi connectivity index (χ2n) is 4.00. The summed E-state index contributed by atoms with van der Waals surface area (Å²) in [6, 6.07) is 12.7. The van der Waals surface area contributed by atoms with Crippen LogP contribution in [0, 0.1) is 0 Å². The van der Waals surface area contributed by atoms with Crippen LogP contribution in [0.5, 0.6) is 0 Å². The minimum atomic E-state index is -1.75. The monoisotopic (exact) mass is 231 g/mol. The molecule has 0 radical (unpaired) electrons. The minimum absolute atomic E-state index is 0.395. The van der Waals surface area contributed by atoms with Crippen molar-refractivity contribution < 1.29 is 15.0 Å². The maximum absolute atomic E-state index is 11.1. The molecule has 88 valence electrons. The van der Waals surface area contributed by atoms with E-state index in [1.54, 1.807) is 18.2 Å². The van der Waals surface area contributed by atoms with Crippen LogP contribution in [0.25, 0.3) is 10.8 Å². The lowest BCUT2D eigenvalue weighted by Gasteiger charge is -2.22. The van der Waals surface area contributed by atoms with Gasteiger partial charge in [0.25, 0.3) is 0 Å². The van der Waals surface area contributed by atoms with Crippen LogP contribution in [0.15, 0.2) is 42.5 Å². The number of carboxylic acid groups (broad SMARTS) is 1.